The predicted molar refractivity (Wildman–Crippen MR) is 386 cm³/mol. The topological polar surface area (TPSA) is 8.17 Å². The zero-order valence-electron chi connectivity index (χ0n) is 56.8. The van der Waals surface area contributed by atoms with Crippen molar-refractivity contribution in [1.29, 1.82) is 0 Å². The summed E-state index contributed by atoms with van der Waals surface area (Å²) in [5, 5.41) is 10.1. The molecule has 0 saturated heterocycles. The SMILES string of the molecule is CC(C)(C)c1cc(-c2ccc(N(c3ccc(-c4cc(C(C)(C)C)cc(C(C)(C)C)c4)cc3)c3ccc4ccc5c(-n6c7ccc(C(C)(C)C)cc7c7cc(C(C)(C)C)ccc76)ccc6ccc3c4c65)cc2)cc(-c2cc(C(C)(C)C)cc(C(C)(C)C)c2)c1. The van der Waals surface area contributed by atoms with Crippen LogP contribution in [0.25, 0.3) is 93.2 Å². The maximum absolute atomic E-state index is 2.54. The van der Waals surface area contributed by atoms with Gasteiger partial charge in [-0.25, -0.2) is 0 Å². The number of hydrogen-bond acceptors (Lipinski definition) is 1. The van der Waals surface area contributed by atoms with Crippen LogP contribution in [0.2, 0.25) is 0 Å². The predicted octanol–water partition coefficient (Wildman–Crippen LogP) is 25.2. The van der Waals surface area contributed by atoms with Gasteiger partial charge >= 0.3 is 0 Å². The van der Waals surface area contributed by atoms with Crippen molar-refractivity contribution in [3.8, 4) is 39.1 Å². The Kier molecular flexibility index (Phi) is 14.3. The van der Waals surface area contributed by atoms with Crippen LogP contribution in [0.15, 0.2) is 188 Å². The fourth-order valence-corrected chi connectivity index (χ4v) is 13.1. The van der Waals surface area contributed by atoms with E-state index in [1.807, 2.05) is 0 Å². The van der Waals surface area contributed by atoms with Crippen molar-refractivity contribution in [2.45, 2.75) is 183 Å². The number of rotatable bonds is 7. The molecule has 1 heterocycles. The Morgan fingerprint density at radius 3 is 0.955 bits per heavy atom. The molecule has 0 unspecified atom stereocenters. The number of anilines is 3. The second-order valence-corrected chi connectivity index (χ2v) is 33.0. The van der Waals surface area contributed by atoms with Crippen LogP contribution >= 0.6 is 0 Å². The molecule has 1 aromatic heterocycles. The van der Waals surface area contributed by atoms with Gasteiger partial charge in [0.1, 0.15) is 0 Å². The smallest absolute Gasteiger partial charge is 0.0541 e. The molecule has 0 atom stereocenters. The lowest BCUT2D eigenvalue weighted by Crippen LogP contribution is -2.16. The monoisotopic (exact) mass is 1150 g/mol. The van der Waals surface area contributed by atoms with Crippen molar-refractivity contribution in [2.24, 2.45) is 0 Å². The molecule has 0 bridgehead atoms. The van der Waals surface area contributed by atoms with E-state index in [0.29, 0.717) is 0 Å². The number of benzene rings is 11. The van der Waals surface area contributed by atoms with Crippen LogP contribution < -0.4 is 4.90 Å². The van der Waals surface area contributed by atoms with Gasteiger partial charge in [0.25, 0.3) is 0 Å². The lowest BCUT2D eigenvalue weighted by molar-refractivity contribution is 0.568. The average Bonchev–Trinajstić information content (AvgIpc) is 1.35. The van der Waals surface area contributed by atoms with Gasteiger partial charge in [-0.3, -0.25) is 0 Å². The summed E-state index contributed by atoms with van der Waals surface area (Å²) in [5.74, 6) is 0. The first kappa shape index (κ1) is 60.3. The Hall–Kier alpha value is -7.94. The number of fused-ring (bicyclic) bond motifs is 3. The van der Waals surface area contributed by atoms with Crippen LogP contribution in [0.1, 0.15) is 184 Å². The van der Waals surface area contributed by atoms with Gasteiger partial charge in [-0.15, -0.1) is 0 Å². The summed E-state index contributed by atoms with van der Waals surface area (Å²) >= 11 is 0. The lowest BCUT2D eigenvalue weighted by Gasteiger charge is -2.29. The van der Waals surface area contributed by atoms with Crippen LogP contribution in [0.3, 0.4) is 0 Å². The van der Waals surface area contributed by atoms with Crippen LogP contribution in [0, 0.1) is 0 Å². The zero-order chi connectivity index (χ0) is 63.2. The molecule has 11 aromatic carbocycles. The van der Waals surface area contributed by atoms with E-state index in [4.69, 9.17) is 0 Å². The normalized spacial score (nSPS) is 13.3. The summed E-state index contributed by atoms with van der Waals surface area (Å²) in [6.07, 6.45) is 0. The molecule has 0 saturated carbocycles. The molecular formula is C86H94N2. The van der Waals surface area contributed by atoms with E-state index in [0.717, 1.165) is 17.1 Å². The second-order valence-electron chi connectivity index (χ2n) is 33.0. The standard InChI is InChI=1S/C86H94N2/c1-80(2,3)61-30-40-76-72(51-61)73-52-62(81(4,5)6)31-41-77(73)88(76)75-39-29-56-26-36-70-74(38-28-55-27-37-71(75)79(56)78(55)70)87(69-34-24-54(25-35-69)59-45-64(83(10,11)12)49-65(46-59)84(13,14)15)68-32-22-53(23-33-68)57-42-58(44-63(43-57)82(7,8)9)60-47-66(85(16,17)18)50-67(48-60)86(19,20)21/h22-52H,1-21H3. The average molecular weight is 1160 g/mol. The minimum Gasteiger partial charge on any atom is -0.310 e. The van der Waals surface area contributed by atoms with Crippen molar-refractivity contribution in [3.63, 3.8) is 0 Å². The van der Waals surface area contributed by atoms with Gasteiger partial charge in [0, 0.05) is 32.9 Å². The van der Waals surface area contributed by atoms with Gasteiger partial charge in [0.15, 0.2) is 0 Å². The molecule has 0 aliphatic rings. The Labute approximate surface area is 527 Å². The molecule has 0 radical (unpaired) electrons. The summed E-state index contributed by atoms with van der Waals surface area (Å²) in [6, 6.07) is 73.8. The molecule has 0 aliphatic heterocycles. The Bertz CT molecular complexity index is 4520. The largest absolute Gasteiger partial charge is 0.310 e. The molecule has 88 heavy (non-hydrogen) atoms. The quantitative estimate of drug-likeness (QED) is 0.144. The highest BCUT2D eigenvalue weighted by Crippen LogP contribution is 2.48. The highest BCUT2D eigenvalue weighted by atomic mass is 15.1. The van der Waals surface area contributed by atoms with Crippen molar-refractivity contribution >= 4 is 71.2 Å². The van der Waals surface area contributed by atoms with Gasteiger partial charge in [0.05, 0.1) is 22.4 Å². The van der Waals surface area contributed by atoms with Crippen molar-refractivity contribution < 1.29 is 0 Å². The van der Waals surface area contributed by atoms with Crippen molar-refractivity contribution in [2.75, 3.05) is 4.90 Å². The minimum atomic E-state index is -0.0594. The van der Waals surface area contributed by atoms with Crippen molar-refractivity contribution in [3.05, 3.63) is 227 Å². The molecule has 0 aliphatic carbocycles. The van der Waals surface area contributed by atoms with E-state index in [1.165, 1.54) is 132 Å². The molecule has 12 rings (SSSR count). The number of aromatic nitrogens is 1. The summed E-state index contributed by atoms with van der Waals surface area (Å²) in [4.78, 5) is 2.50. The summed E-state index contributed by atoms with van der Waals surface area (Å²) in [6.45, 7) is 48.9. The molecule has 12 aromatic rings. The van der Waals surface area contributed by atoms with Gasteiger partial charge in [-0.05, 0) is 199 Å². The maximum atomic E-state index is 2.54. The van der Waals surface area contributed by atoms with Crippen LogP contribution in [0.4, 0.5) is 17.1 Å². The molecule has 0 spiro atoms. The third-order valence-corrected chi connectivity index (χ3v) is 19.0. The van der Waals surface area contributed by atoms with E-state index in [2.05, 4.69) is 343 Å². The molecule has 2 nitrogen and oxygen atoms in total. The van der Waals surface area contributed by atoms with E-state index in [1.54, 1.807) is 0 Å². The van der Waals surface area contributed by atoms with E-state index in [-0.39, 0.29) is 37.9 Å². The second kappa shape index (κ2) is 20.8. The first-order valence-corrected chi connectivity index (χ1v) is 32.3. The fourth-order valence-electron chi connectivity index (χ4n) is 13.1. The molecule has 448 valence electrons. The van der Waals surface area contributed by atoms with Gasteiger partial charge < -0.3 is 9.47 Å². The minimum absolute atomic E-state index is 0.00716. The summed E-state index contributed by atoms with van der Waals surface area (Å²) < 4.78 is 2.54. The van der Waals surface area contributed by atoms with E-state index in [9.17, 15) is 0 Å². The van der Waals surface area contributed by atoms with Gasteiger partial charge in [0.2, 0.25) is 0 Å². The first-order chi connectivity index (χ1) is 41.0. The third-order valence-electron chi connectivity index (χ3n) is 19.0. The summed E-state index contributed by atoms with van der Waals surface area (Å²) in [5.41, 5.74) is 23.9. The first-order valence-electron chi connectivity index (χ1n) is 32.3. The number of nitrogens with zero attached hydrogens (tertiary/aromatic N) is 2. The fraction of sp³-hybridized carbons (Fsp3) is 0.326. The Morgan fingerprint density at radius 2 is 0.557 bits per heavy atom. The highest BCUT2D eigenvalue weighted by molar-refractivity contribution is 6.27. The van der Waals surface area contributed by atoms with Crippen LogP contribution in [-0.4, -0.2) is 4.57 Å². The van der Waals surface area contributed by atoms with Crippen LogP contribution in [0.5, 0.6) is 0 Å². The molecule has 0 N–H and O–H groups in total. The lowest BCUT2D eigenvalue weighted by atomic mass is 9.78. The Balaban J connectivity index is 1.05. The van der Waals surface area contributed by atoms with Crippen molar-refractivity contribution in [1.82, 2.24) is 4.57 Å². The highest BCUT2D eigenvalue weighted by Gasteiger charge is 2.28. The van der Waals surface area contributed by atoms with E-state index < -0.39 is 0 Å². The Morgan fingerprint density at radius 1 is 0.239 bits per heavy atom. The van der Waals surface area contributed by atoms with Gasteiger partial charge in [-0.2, -0.15) is 0 Å². The molecule has 0 amide bonds. The zero-order valence-corrected chi connectivity index (χ0v) is 56.8. The summed E-state index contributed by atoms with van der Waals surface area (Å²) in [7, 11) is 0. The van der Waals surface area contributed by atoms with Crippen LogP contribution in [-0.2, 0) is 37.9 Å². The molecular weight excluding hydrogens is 1060 g/mol. The molecule has 2 heteroatoms. The third kappa shape index (κ3) is 11.1. The van der Waals surface area contributed by atoms with E-state index >= 15 is 0 Å². The maximum Gasteiger partial charge on any atom is 0.0541 e. The van der Waals surface area contributed by atoms with Gasteiger partial charge in [-0.1, -0.05) is 267 Å². The number of hydrogen-bond donors (Lipinski definition) is 0. The molecule has 0 fully saturated rings.